The van der Waals surface area contributed by atoms with Crippen LogP contribution in [0.15, 0.2) is 35.3 Å². The first-order valence-corrected chi connectivity index (χ1v) is 12.5. The van der Waals surface area contributed by atoms with Gasteiger partial charge in [0.15, 0.2) is 11.4 Å². The summed E-state index contributed by atoms with van der Waals surface area (Å²) >= 11 is 0. The topological polar surface area (TPSA) is 171 Å². The van der Waals surface area contributed by atoms with E-state index in [0.717, 1.165) is 5.57 Å². The quantitative estimate of drug-likeness (QED) is 0.275. The van der Waals surface area contributed by atoms with Gasteiger partial charge in [0.2, 0.25) is 5.78 Å². The number of fused-ring (bicyclic) bond motifs is 3. The second-order valence-electron chi connectivity index (χ2n) is 11.0. The third kappa shape index (κ3) is 3.99. The molecule has 4 rings (SSSR count). The fourth-order valence-corrected chi connectivity index (χ4v) is 6.04. The standard InChI is InChI=1S/C28H34N2O8/c1-12(2)10-38-11-13(3)15-6-7-18(31)20-16(15)8-14-9-17-22(30(4)5)24(33)21(27(29)36)26(35)28(17,37)25(34)19(14)23(20)32/h6-7,11-12,14,17,22,31-32,35,37H,8-10H2,1-5H3,(H2,29,36)/b13-11-/t14-,17-,22-,28-/m1/s1. The van der Waals surface area contributed by atoms with Crippen LogP contribution < -0.4 is 5.73 Å². The van der Waals surface area contributed by atoms with Crippen LogP contribution in [0.1, 0.15) is 43.9 Å². The number of allylic oxidation sites excluding steroid dienone is 1. The molecule has 0 bridgehead atoms. The van der Waals surface area contributed by atoms with Gasteiger partial charge in [-0.25, -0.2) is 0 Å². The largest absolute Gasteiger partial charge is 0.508 e. The van der Waals surface area contributed by atoms with Gasteiger partial charge in [-0.2, -0.15) is 0 Å². The fraction of sp³-hybridized carbons (Fsp3) is 0.464. The lowest BCUT2D eigenvalue weighted by molar-refractivity contribution is -0.153. The average Bonchev–Trinajstić information content (AvgIpc) is 2.80. The number of phenolic OH excluding ortho intramolecular Hbond substituents is 1. The lowest BCUT2D eigenvalue weighted by atomic mass is 9.57. The maximum absolute atomic E-state index is 13.9. The van der Waals surface area contributed by atoms with Crippen molar-refractivity contribution in [3.05, 3.63) is 52.0 Å². The zero-order chi connectivity index (χ0) is 28.3. The molecule has 0 unspecified atom stereocenters. The van der Waals surface area contributed by atoms with E-state index in [4.69, 9.17) is 10.5 Å². The molecule has 204 valence electrons. The highest BCUT2D eigenvalue weighted by atomic mass is 16.5. The number of likely N-dealkylation sites (N-methyl/N-ethyl adjacent to an activating group) is 1. The normalized spacial score (nSPS) is 27.5. The highest BCUT2D eigenvalue weighted by Gasteiger charge is 2.64. The first kappa shape index (κ1) is 27.4. The molecule has 1 amide bonds. The van der Waals surface area contributed by atoms with Gasteiger partial charge in [-0.1, -0.05) is 19.9 Å². The Bertz CT molecular complexity index is 1320. The molecular formula is C28H34N2O8. The summed E-state index contributed by atoms with van der Waals surface area (Å²) in [5, 5.41) is 44.6. The highest BCUT2D eigenvalue weighted by molar-refractivity contribution is 6.24. The van der Waals surface area contributed by atoms with E-state index in [1.165, 1.54) is 11.0 Å². The Morgan fingerprint density at radius 3 is 2.47 bits per heavy atom. The van der Waals surface area contributed by atoms with Crippen molar-refractivity contribution >= 4 is 28.8 Å². The van der Waals surface area contributed by atoms with Crippen LogP contribution >= 0.6 is 0 Å². The molecule has 1 fully saturated rings. The highest BCUT2D eigenvalue weighted by Crippen LogP contribution is 2.53. The Kier molecular flexibility index (Phi) is 6.92. The van der Waals surface area contributed by atoms with Gasteiger partial charge in [0.25, 0.3) is 5.91 Å². The van der Waals surface area contributed by atoms with E-state index in [2.05, 4.69) is 0 Å². The predicted molar refractivity (Wildman–Crippen MR) is 139 cm³/mol. The molecule has 0 aliphatic heterocycles. The Morgan fingerprint density at radius 2 is 1.89 bits per heavy atom. The van der Waals surface area contributed by atoms with Gasteiger partial charge in [-0.05, 0) is 68.5 Å². The summed E-state index contributed by atoms with van der Waals surface area (Å²) in [6, 6.07) is 1.99. The van der Waals surface area contributed by atoms with Crippen molar-refractivity contribution in [2.75, 3.05) is 20.7 Å². The van der Waals surface area contributed by atoms with Crippen molar-refractivity contribution in [1.29, 1.82) is 0 Å². The number of aromatic hydroxyl groups is 1. The maximum atomic E-state index is 13.9. The van der Waals surface area contributed by atoms with E-state index >= 15 is 0 Å². The molecule has 0 aromatic heterocycles. The minimum atomic E-state index is -2.65. The first-order valence-electron chi connectivity index (χ1n) is 12.5. The number of carbonyl (C=O) groups excluding carboxylic acids is 3. The van der Waals surface area contributed by atoms with Crippen molar-refractivity contribution in [3.8, 4) is 5.75 Å². The molecule has 4 atom stereocenters. The molecule has 38 heavy (non-hydrogen) atoms. The minimum absolute atomic E-state index is 0.0352. The van der Waals surface area contributed by atoms with Gasteiger partial charge in [-0.15, -0.1) is 0 Å². The zero-order valence-electron chi connectivity index (χ0n) is 22.1. The van der Waals surface area contributed by atoms with Crippen LogP contribution in [0.5, 0.6) is 5.75 Å². The number of hydrogen-bond donors (Lipinski definition) is 5. The summed E-state index contributed by atoms with van der Waals surface area (Å²) in [5.74, 6) is -6.40. The summed E-state index contributed by atoms with van der Waals surface area (Å²) in [4.78, 5) is 40.6. The van der Waals surface area contributed by atoms with Gasteiger partial charge >= 0.3 is 0 Å². The van der Waals surface area contributed by atoms with E-state index < -0.39 is 58.0 Å². The molecule has 1 aromatic carbocycles. The van der Waals surface area contributed by atoms with E-state index in [9.17, 15) is 34.8 Å². The van der Waals surface area contributed by atoms with E-state index in [1.807, 2.05) is 20.8 Å². The molecular weight excluding hydrogens is 492 g/mol. The van der Waals surface area contributed by atoms with Crippen molar-refractivity contribution in [3.63, 3.8) is 0 Å². The number of phenols is 1. The summed E-state index contributed by atoms with van der Waals surface area (Å²) in [6.45, 7) is 6.39. The van der Waals surface area contributed by atoms with E-state index in [1.54, 1.807) is 26.4 Å². The van der Waals surface area contributed by atoms with Gasteiger partial charge in [0, 0.05) is 11.5 Å². The zero-order valence-corrected chi connectivity index (χ0v) is 22.1. The molecule has 0 radical (unpaired) electrons. The van der Waals surface area contributed by atoms with Crippen molar-refractivity contribution in [2.24, 2.45) is 23.5 Å². The number of rotatable bonds is 6. The molecule has 1 saturated carbocycles. The number of benzene rings is 1. The number of ether oxygens (including phenoxy) is 1. The SMILES string of the molecule is C/C(=C/OCC(C)C)c1ccc(O)c2c1C[C@@H]1C[C@@H]3[C@@H](N(C)C)C(=O)C(C(N)=O)=C(O)[C@]3(O)C(=O)C1=C2O. The number of carbonyl (C=O) groups is 3. The number of ketones is 2. The number of aliphatic hydroxyl groups is 3. The van der Waals surface area contributed by atoms with E-state index in [-0.39, 0.29) is 29.7 Å². The maximum Gasteiger partial charge on any atom is 0.255 e. The van der Waals surface area contributed by atoms with Crippen LogP contribution in [0, 0.1) is 17.8 Å². The van der Waals surface area contributed by atoms with Crippen molar-refractivity contribution < 1.29 is 39.5 Å². The van der Waals surface area contributed by atoms with Crippen LogP contribution in [-0.2, 0) is 25.5 Å². The van der Waals surface area contributed by atoms with Gasteiger partial charge in [-0.3, -0.25) is 19.3 Å². The molecule has 0 saturated heterocycles. The number of nitrogens with two attached hydrogens (primary N) is 1. The number of aliphatic hydroxyl groups excluding tert-OH is 2. The number of primary amides is 1. The van der Waals surface area contributed by atoms with Gasteiger partial charge in [0.1, 0.15) is 22.8 Å². The molecule has 6 N–H and O–H groups in total. The minimum Gasteiger partial charge on any atom is -0.508 e. The van der Waals surface area contributed by atoms with Crippen LogP contribution in [0.25, 0.3) is 11.3 Å². The van der Waals surface area contributed by atoms with Gasteiger partial charge in [0.05, 0.1) is 24.5 Å². The lowest BCUT2D eigenvalue weighted by Gasteiger charge is -2.50. The molecule has 1 aromatic rings. The smallest absolute Gasteiger partial charge is 0.255 e. The first-order chi connectivity index (χ1) is 17.7. The number of hydrogen-bond acceptors (Lipinski definition) is 9. The lowest BCUT2D eigenvalue weighted by Crippen LogP contribution is -2.65. The summed E-state index contributed by atoms with van der Waals surface area (Å²) in [5.41, 5.74) is 3.79. The predicted octanol–water partition coefficient (Wildman–Crippen LogP) is 2.00. The number of Topliss-reactive ketones (excluding diaryl/α,β-unsaturated/α-hetero) is 2. The summed E-state index contributed by atoms with van der Waals surface area (Å²) in [7, 11) is 3.13. The monoisotopic (exact) mass is 526 g/mol. The van der Waals surface area contributed by atoms with Gasteiger partial charge < -0.3 is 30.9 Å². The third-order valence-corrected chi connectivity index (χ3v) is 7.72. The molecule has 10 nitrogen and oxygen atoms in total. The van der Waals surface area contributed by atoms with Crippen LogP contribution in [-0.4, -0.2) is 75.1 Å². The van der Waals surface area contributed by atoms with Crippen LogP contribution in [0.2, 0.25) is 0 Å². The third-order valence-electron chi connectivity index (χ3n) is 7.72. The summed E-state index contributed by atoms with van der Waals surface area (Å²) in [6.07, 6.45) is 1.87. The molecule has 0 spiro atoms. The van der Waals surface area contributed by atoms with E-state index in [0.29, 0.717) is 23.7 Å². The fourth-order valence-electron chi connectivity index (χ4n) is 6.04. The van der Waals surface area contributed by atoms with Crippen LogP contribution in [0.3, 0.4) is 0 Å². The van der Waals surface area contributed by atoms with Crippen LogP contribution in [0.4, 0.5) is 0 Å². The Labute approximate surface area is 220 Å². The molecule has 3 aliphatic rings. The summed E-state index contributed by atoms with van der Waals surface area (Å²) < 4.78 is 5.66. The Balaban J connectivity index is 1.90. The van der Waals surface area contributed by atoms with Crippen molar-refractivity contribution in [2.45, 2.75) is 45.3 Å². The Morgan fingerprint density at radius 1 is 1.24 bits per heavy atom. The molecule has 3 aliphatic carbocycles. The second-order valence-corrected chi connectivity index (χ2v) is 11.0. The second kappa shape index (κ2) is 9.59. The number of amides is 1. The Hall–Kier alpha value is -3.63. The average molecular weight is 527 g/mol. The number of nitrogens with zero attached hydrogens (tertiary/aromatic N) is 1. The molecule has 10 heteroatoms. The van der Waals surface area contributed by atoms with Crippen molar-refractivity contribution in [1.82, 2.24) is 4.90 Å². The molecule has 0 heterocycles.